The van der Waals surface area contributed by atoms with Gasteiger partial charge in [-0.15, -0.1) is 0 Å². The minimum absolute atomic E-state index is 0.255. The fourth-order valence-corrected chi connectivity index (χ4v) is 1.62. The summed E-state index contributed by atoms with van der Waals surface area (Å²) in [6.45, 7) is 1.88. The summed E-state index contributed by atoms with van der Waals surface area (Å²) < 4.78 is 0. The molecule has 0 bridgehead atoms. The fourth-order valence-electron chi connectivity index (χ4n) is 1.46. The molecule has 0 aliphatic carbocycles. The monoisotopic (exact) mass is 261 g/mol. The van der Waals surface area contributed by atoms with Gasteiger partial charge < -0.3 is 11.1 Å². The van der Waals surface area contributed by atoms with Gasteiger partial charge in [0.05, 0.1) is 5.69 Å². The largest absolute Gasteiger partial charge is 0.398 e. The molecule has 0 unspecified atom stereocenters. The van der Waals surface area contributed by atoms with E-state index in [0.29, 0.717) is 16.9 Å². The van der Waals surface area contributed by atoms with Gasteiger partial charge in [-0.25, -0.2) is 4.98 Å². The third-order valence-electron chi connectivity index (χ3n) is 2.55. The number of pyridine rings is 1. The van der Waals surface area contributed by atoms with Crippen molar-refractivity contribution in [3.63, 3.8) is 0 Å². The maximum atomic E-state index is 12.0. The summed E-state index contributed by atoms with van der Waals surface area (Å²) in [6, 6.07) is 8.53. The van der Waals surface area contributed by atoms with Gasteiger partial charge in [0.25, 0.3) is 5.91 Å². The molecule has 92 valence electrons. The highest BCUT2D eigenvalue weighted by Crippen LogP contribution is 2.19. The average molecular weight is 262 g/mol. The van der Waals surface area contributed by atoms with E-state index >= 15 is 0 Å². The maximum Gasteiger partial charge on any atom is 0.255 e. The van der Waals surface area contributed by atoms with Crippen LogP contribution in [0.25, 0.3) is 0 Å². The second kappa shape index (κ2) is 5.06. The highest BCUT2D eigenvalue weighted by Gasteiger charge is 2.09. The van der Waals surface area contributed by atoms with E-state index in [1.54, 1.807) is 36.5 Å². The van der Waals surface area contributed by atoms with Crippen LogP contribution < -0.4 is 11.1 Å². The number of anilines is 2. The number of nitrogens with zero attached hydrogens (tertiary/aromatic N) is 1. The summed E-state index contributed by atoms with van der Waals surface area (Å²) in [5, 5.41) is 2.94. The third kappa shape index (κ3) is 2.60. The number of hydrogen-bond acceptors (Lipinski definition) is 3. The van der Waals surface area contributed by atoms with Crippen molar-refractivity contribution in [1.82, 2.24) is 4.98 Å². The molecular weight excluding hydrogens is 250 g/mol. The fraction of sp³-hybridized carbons (Fsp3) is 0.0769. The predicted octanol–water partition coefficient (Wildman–Crippen LogP) is 2.88. The van der Waals surface area contributed by atoms with Gasteiger partial charge in [-0.3, -0.25) is 4.79 Å². The molecule has 5 heteroatoms. The summed E-state index contributed by atoms with van der Waals surface area (Å²) >= 11 is 5.86. The lowest BCUT2D eigenvalue weighted by Gasteiger charge is -2.07. The van der Waals surface area contributed by atoms with Crippen molar-refractivity contribution in [2.75, 3.05) is 11.1 Å². The zero-order valence-corrected chi connectivity index (χ0v) is 10.5. The molecule has 0 radical (unpaired) electrons. The number of nitrogens with one attached hydrogen (secondary N) is 1. The highest BCUT2D eigenvalue weighted by atomic mass is 35.5. The molecule has 0 fully saturated rings. The normalized spacial score (nSPS) is 10.1. The molecule has 2 rings (SSSR count). The second-order valence-corrected chi connectivity index (χ2v) is 4.23. The molecular formula is C13H12ClN3O. The Kier molecular flexibility index (Phi) is 3.48. The van der Waals surface area contributed by atoms with Gasteiger partial charge in [-0.1, -0.05) is 17.7 Å². The van der Waals surface area contributed by atoms with Gasteiger partial charge in [0.15, 0.2) is 5.15 Å². The van der Waals surface area contributed by atoms with E-state index in [0.717, 1.165) is 5.56 Å². The standard InChI is InChI=1S/C13H12ClN3O/c1-8-4-5-9(7-10(8)15)13(18)17-11-3-2-6-16-12(11)14/h2-7H,15H2,1H3,(H,17,18). The van der Waals surface area contributed by atoms with Crippen LogP contribution in [0.2, 0.25) is 5.15 Å². The Morgan fingerprint density at radius 2 is 2.17 bits per heavy atom. The molecule has 3 N–H and O–H groups in total. The highest BCUT2D eigenvalue weighted by molar-refractivity contribution is 6.32. The SMILES string of the molecule is Cc1ccc(C(=O)Nc2cccnc2Cl)cc1N. The number of carbonyl (C=O) groups is 1. The van der Waals surface area contributed by atoms with Gasteiger partial charge in [0, 0.05) is 17.4 Å². The average Bonchev–Trinajstić information content (AvgIpc) is 2.35. The van der Waals surface area contributed by atoms with Crippen LogP contribution in [0.3, 0.4) is 0 Å². The number of hydrogen-bond donors (Lipinski definition) is 2. The summed E-state index contributed by atoms with van der Waals surface area (Å²) in [4.78, 5) is 15.9. The minimum Gasteiger partial charge on any atom is -0.398 e. The van der Waals surface area contributed by atoms with Crippen LogP contribution in [-0.2, 0) is 0 Å². The van der Waals surface area contributed by atoms with Gasteiger partial charge >= 0.3 is 0 Å². The number of amides is 1. The molecule has 4 nitrogen and oxygen atoms in total. The van der Waals surface area contributed by atoms with E-state index < -0.39 is 0 Å². The van der Waals surface area contributed by atoms with E-state index in [1.807, 2.05) is 6.92 Å². The minimum atomic E-state index is -0.267. The molecule has 0 atom stereocenters. The first kappa shape index (κ1) is 12.4. The smallest absolute Gasteiger partial charge is 0.255 e. The van der Waals surface area contributed by atoms with Crippen molar-refractivity contribution in [2.24, 2.45) is 0 Å². The van der Waals surface area contributed by atoms with E-state index in [1.165, 1.54) is 0 Å². The Morgan fingerprint density at radius 1 is 1.39 bits per heavy atom. The molecule has 0 aliphatic rings. The molecule has 1 aromatic heterocycles. The van der Waals surface area contributed by atoms with E-state index in [-0.39, 0.29) is 11.1 Å². The summed E-state index contributed by atoms with van der Waals surface area (Å²) in [5.74, 6) is -0.267. The summed E-state index contributed by atoms with van der Waals surface area (Å²) in [7, 11) is 0. The van der Waals surface area contributed by atoms with Gasteiger partial charge in [0.1, 0.15) is 0 Å². The number of aryl methyl sites for hydroxylation is 1. The van der Waals surface area contributed by atoms with Crippen LogP contribution in [0.1, 0.15) is 15.9 Å². The van der Waals surface area contributed by atoms with Crippen molar-refractivity contribution in [1.29, 1.82) is 0 Å². The Bertz CT molecular complexity index is 599. The van der Waals surface area contributed by atoms with Crippen LogP contribution in [0.5, 0.6) is 0 Å². The maximum absolute atomic E-state index is 12.0. The van der Waals surface area contributed by atoms with Gasteiger partial charge in [-0.2, -0.15) is 0 Å². The molecule has 1 amide bonds. The number of benzene rings is 1. The summed E-state index contributed by atoms with van der Waals surface area (Å²) in [5.41, 5.74) is 8.24. The third-order valence-corrected chi connectivity index (χ3v) is 2.85. The number of nitrogen functional groups attached to an aromatic ring is 1. The van der Waals surface area contributed by atoms with Crippen molar-refractivity contribution in [3.05, 3.63) is 52.8 Å². The Labute approximate surface area is 110 Å². The van der Waals surface area contributed by atoms with E-state index in [2.05, 4.69) is 10.3 Å². The lowest BCUT2D eigenvalue weighted by molar-refractivity contribution is 0.102. The molecule has 1 heterocycles. The molecule has 1 aromatic carbocycles. The van der Waals surface area contributed by atoms with Crippen molar-refractivity contribution in [3.8, 4) is 0 Å². The quantitative estimate of drug-likeness (QED) is 0.645. The zero-order valence-electron chi connectivity index (χ0n) is 9.77. The number of rotatable bonds is 2. The van der Waals surface area contributed by atoms with Crippen LogP contribution in [-0.4, -0.2) is 10.9 Å². The molecule has 0 spiro atoms. The first-order valence-corrected chi connectivity index (χ1v) is 5.73. The Balaban J connectivity index is 2.22. The first-order chi connectivity index (χ1) is 8.58. The number of nitrogens with two attached hydrogens (primary N) is 1. The van der Waals surface area contributed by atoms with Crippen molar-refractivity contribution < 1.29 is 4.79 Å². The van der Waals surface area contributed by atoms with Crippen molar-refractivity contribution >= 4 is 28.9 Å². The number of carbonyl (C=O) groups excluding carboxylic acids is 1. The van der Waals surface area contributed by atoms with Crippen LogP contribution >= 0.6 is 11.6 Å². The molecule has 0 saturated carbocycles. The van der Waals surface area contributed by atoms with Gasteiger partial charge in [0.2, 0.25) is 0 Å². The van der Waals surface area contributed by atoms with Crippen molar-refractivity contribution in [2.45, 2.75) is 6.92 Å². The molecule has 0 aliphatic heterocycles. The first-order valence-electron chi connectivity index (χ1n) is 5.36. The Hall–Kier alpha value is -2.07. The number of halogens is 1. The lowest BCUT2D eigenvalue weighted by Crippen LogP contribution is -2.13. The summed E-state index contributed by atoms with van der Waals surface area (Å²) in [6.07, 6.45) is 1.56. The van der Waals surface area contributed by atoms with Gasteiger partial charge in [-0.05, 0) is 36.8 Å². The van der Waals surface area contributed by atoms with E-state index in [9.17, 15) is 4.79 Å². The molecule has 18 heavy (non-hydrogen) atoms. The zero-order chi connectivity index (χ0) is 13.1. The lowest BCUT2D eigenvalue weighted by atomic mass is 10.1. The number of aromatic nitrogens is 1. The van der Waals surface area contributed by atoms with Crippen LogP contribution in [0.4, 0.5) is 11.4 Å². The predicted molar refractivity (Wildman–Crippen MR) is 72.8 cm³/mol. The van der Waals surface area contributed by atoms with Crippen LogP contribution in [0, 0.1) is 6.92 Å². The van der Waals surface area contributed by atoms with E-state index in [4.69, 9.17) is 17.3 Å². The molecule has 0 saturated heterocycles. The van der Waals surface area contributed by atoms with Crippen LogP contribution in [0.15, 0.2) is 36.5 Å². The molecule has 2 aromatic rings. The second-order valence-electron chi connectivity index (χ2n) is 3.87. The Morgan fingerprint density at radius 3 is 2.83 bits per heavy atom. The topological polar surface area (TPSA) is 68.0 Å².